The molecule has 0 aliphatic heterocycles. The van der Waals surface area contributed by atoms with Gasteiger partial charge in [-0.25, -0.2) is 0 Å². The average Bonchev–Trinajstić information content (AvgIpc) is 1.89. The summed E-state index contributed by atoms with van der Waals surface area (Å²) in [5.41, 5.74) is 0. The van der Waals surface area contributed by atoms with E-state index in [1.165, 1.54) is 10.8 Å². The van der Waals surface area contributed by atoms with E-state index >= 15 is 0 Å². The molecule has 10 heavy (non-hydrogen) atoms. The quantitative estimate of drug-likeness (QED) is 0.488. The molecule has 0 heterocycles. The van der Waals surface area contributed by atoms with Crippen molar-refractivity contribution in [1.82, 2.24) is 0 Å². The van der Waals surface area contributed by atoms with Gasteiger partial charge in [0.05, 0.1) is 6.61 Å². The first-order valence-corrected chi connectivity index (χ1v) is 5.70. The summed E-state index contributed by atoms with van der Waals surface area (Å²) in [6, 6.07) is 0. The maximum absolute atomic E-state index is 10.9. The molecule has 4 heteroatoms. The summed E-state index contributed by atoms with van der Waals surface area (Å²) in [7, 11) is 3.10. The molecule has 0 aliphatic carbocycles. The lowest BCUT2D eigenvalue weighted by atomic mass is 10.5. The molecule has 60 valence electrons. The highest BCUT2D eigenvalue weighted by atomic mass is 33.1. The molecular formula is C6H12O2S2. The van der Waals surface area contributed by atoms with Gasteiger partial charge < -0.3 is 4.74 Å². The highest BCUT2D eigenvalue weighted by Crippen LogP contribution is 2.23. The van der Waals surface area contributed by atoms with Crippen molar-refractivity contribution in [3.05, 3.63) is 0 Å². The lowest BCUT2D eigenvalue weighted by molar-refractivity contribution is -0.142. The molecule has 0 saturated heterocycles. The molecule has 0 amide bonds. The molecule has 0 fully saturated rings. The van der Waals surface area contributed by atoms with Crippen LogP contribution in [0.25, 0.3) is 0 Å². The third-order valence-electron chi connectivity index (χ3n) is 0.859. The zero-order valence-electron chi connectivity index (χ0n) is 6.42. The summed E-state index contributed by atoms with van der Waals surface area (Å²) in [6.45, 7) is 4.13. The van der Waals surface area contributed by atoms with Gasteiger partial charge in [0.15, 0.2) is 0 Å². The highest BCUT2D eigenvalue weighted by molar-refractivity contribution is 8.76. The van der Waals surface area contributed by atoms with E-state index in [9.17, 15) is 4.79 Å². The van der Waals surface area contributed by atoms with E-state index in [1.54, 1.807) is 10.8 Å². The highest BCUT2D eigenvalue weighted by Gasteiger charge is 2.12. The van der Waals surface area contributed by atoms with E-state index in [0.29, 0.717) is 6.61 Å². The first kappa shape index (κ1) is 10.2. The molecule has 0 spiro atoms. The number of hydrogen-bond donors (Lipinski definition) is 0. The molecule has 0 aromatic rings. The first-order valence-electron chi connectivity index (χ1n) is 3.08. The third kappa shape index (κ3) is 4.06. The fourth-order valence-electron chi connectivity index (χ4n) is 0.443. The standard InChI is InChI=1S/C6H12O2S2/c1-4-8-6(7)5(2)10-9-3/h5H,4H2,1-3H3/t5-/m1/s1. The Labute approximate surface area is 69.5 Å². The Morgan fingerprint density at radius 2 is 2.30 bits per heavy atom. The van der Waals surface area contributed by atoms with Gasteiger partial charge in [0, 0.05) is 0 Å². The normalized spacial score (nSPS) is 12.7. The van der Waals surface area contributed by atoms with Gasteiger partial charge in [0.25, 0.3) is 0 Å². The molecule has 0 bridgehead atoms. The number of ether oxygens (including phenoxy) is 1. The Morgan fingerprint density at radius 3 is 2.70 bits per heavy atom. The predicted octanol–water partition coefficient (Wildman–Crippen LogP) is 1.95. The van der Waals surface area contributed by atoms with Crippen molar-refractivity contribution in [2.75, 3.05) is 12.9 Å². The molecule has 0 aliphatic rings. The van der Waals surface area contributed by atoms with Gasteiger partial charge in [-0.2, -0.15) is 0 Å². The van der Waals surface area contributed by atoms with Crippen LogP contribution in [0.15, 0.2) is 0 Å². The number of carbonyl (C=O) groups is 1. The summed E-state index contributed by atoms with van der Waals surface area (Å²) in [4.78, 5) is 10.9. The zero-order valence-corrected chi connectivity index (χ0v) is 8.05. The molecule has 0 saturated carbocycles. The van der Waals surface area contributed by atoms with Crippen LogP contribution in [0.4, 0.5) is 0 Å². The predicted molar refractivity (Wildman–Crippen MR) is 47.2 cm³/mol. The van der Waals surface area contributed by atoms with Crippen LogP contribution in [0, 0.1) is 0 Å². The van der Waals surface area contributed by atoms with Crippen molar-refractivity contribution in [3.63, 3.8) is 0 Å². The van der Waals surface area contributed by atoms with Crippen LogP contribution in [-0.2, 0) is 9.53 Å². The van der Waals surface area contributed by atoms with Crippen LogP contribution in [0.5, 0.6) is 0 Å². The van der Waals surface area contributed by atoms with Crippen molar-refractivity contribution in [1.29, 1.82) is 0 Å². The molecule has 0 aromatic carbocycles. The topological polar surface area (TPSA) is 26.3 Å². The van der Waals surface area contributed by atoms with Crippen LogP contribution in [0.3, 0.4) is 0 Å². The first-order chi connectivity index (χ1) is 4.72. The Hall–Kier alpha value is 0.170. The van der Waals surface area contributed by atoms with Gasteiger partial charge in [-0.05, 0) is 20.1 Å². The van der Waals surface area contributed by atoms with Gasteiger partial charge in [0.1, 0.15) is 5.25 Å². The minimum Gasteiger partial charge on any atom is -0.465 e. The van der Waals surface area contributed by atoms with Crippen LogP contribution < -0.4 is 0 Å². The van der Waals surface area contributed by atoms with Crippen molar-refractivity contribution in [2.45, 2.75) is 19.1 Å². The van der Waals surface area contributed by atoms with Crippen LogP contribution in [0.1, 0.15) is 13.8 Å². The molecule has 0 radical (unpaired) electrons. The number of carbonyl (C=O) groups excluding carboxylic acids is 1. The smallest absolute Gasteiger partial charge is 0.319 e. The molecule has 0 aromatic heterocycles. The van der Waals surface area contributed by atoms with Gasteiger partial charge in [-0.1, -0.05) is 21.6 Å². The maximum Gasteiger partial charge on any atom is 0.319 e. The van der Waals surface area contributed by atoms with Crippen molar-refractivity contribution >= 4 is 27.6 Å². The van der Waals surface area contributed by atoms with Crippen LogP contribution in [-0.4, -0.2) is 24.1 Å². The summed E-state index contributed by atoms with van der Waals surface area (Å²) >= 11 is 0. The maximum atomic E-state index is 10.9. The van der Waals surface area contributed by atoms with Crippen LogP contribution >= 0.6 is 21.6 Å². The SMILES string of the molecule is CCOC(=O)[C@@H](C)SSC. The molecule has 0 rings (SSSR count). The van der Waals surface area contributed by atoms with E-state index in [-0.39, 0.29) is 11.2 Å². The van der Waals surface area contributed by atoms with Crippen LogP contribution in [0.2, 0.25) is 0 Å². The second kappa shape index (κ2) is 5.92. The monoisotopic (exact) mass is 180 g/mol. The summed E-state index contributed by atoms with van der Waals surface area (Å²) in [6.07, 6.45) is 1.94. The second-order valence-electron chi connectivity index (χ2n) is 1.66. The van der Waals surface area contributed by atoms with Gasteiger partial charge >= 0.3 is 5.97 Å². The summed E-state index contributed by atoms with van der Waals surface area (Å²) in [5, 5.41) is -0.0463. The van der Waals surface area contributed by atoms with E-state index in [1.807, 2.05) is 20.1 Å². The minimum atomic E-state index is -0.123. The molecule has 1 atom stereocenters. The van der Waals surface area contributed by atoms with Gasteiger partial charge in [-0.15, -0.1) is 0 Å². The molecule has 2 nitrogen and oxygen atoms in total. The summed E-state index contributed by atoms with van der Waals surface area (Å²) < 4.78 is 4.78. The number of hydrogen-bond acceptors (Lipinski definition) is 4. The molecule has 0 N–H and O–H groups in total. The van der Waals surface area contributed by atoms with E-state index in [2.05, 4.69) is 0 Å². The second-order valence-corrected chi connectivity index (χ2v) is 4.47. The Morgan fingerprint density at radius 1 is 1.70 bits per heavy atom. The average molecular weight is 180 g/mol. The number of rotatable bonds is 4. The Kier molecular flexibility index (Phi) is 6.02. The van der Waals surface area contributed by atoms with E-state index in [0.717, 1.165) is 0 Å². The molecular weight excluding hydrogens is 168 g/mol. The largest absolute Gasteiger partial charge is 0.465 e. The fraction of sp³-hybridized carbons (Fsp3) is 0.833. The molecule has 0 unspecified atom stereocenters. The van der Waals surface area contributed by atoms with Crippen molar-refractivity contribution < 1.29 is 9.53 Å². The lowest BCUT2D eigenvalue weighted by Gasteiger charge is -2.06. The lowest BCUT2D eigenvalue weighted by Crippen LogP contribution is -2.15. The minimum absolute atomic E-state index is 0.0463. The Bertz CT molecular complexity index is 106. The van der Waals surface area contributed by atoms with Crippen molar-refractivity contribution in [3.8, 4) is 0 Å². The van der Waals surface area contributed by atoms with E-state index < -0.39 is 0 Å². The van der Waals surface area contributed by atoms with Gasteiger partial charge in [0.2, 0.25) is 0 Å². The Balaban J connectivity index is 3.49. The zero-order chi connectivity index (χ0) is 7.98. The number of esters is 1. The van der Waals surface area contributed by atoms with Gasteiger partial charge in [-0.3, -0.25) is 4.79 Å². The fourth-order valence-corrected chi connectivity index (χ4v) is 1.98. The van der Waals surface area contributed by atoms with Crippen molar-refractivity contribution in [2.24, 2.45) is 0 Å². The van der Waals surface area contributed by atoms with E-state index in [4.69, 9.17) is 4.74 Å². The summed E-state index contributed by atoms with van der Waals surface area (Å²) in [5.74, 6) is -0.123. The third-order valence-corrected chi connectivity index (χ3v) is 2.98.